The van der Waals surface area contributed by atoms with Gasteiger partial charge >= 0.3 is 0 Å². The highest BCUT2D eigenvalue weighted by atomic mass is 19.1. The first-order valence-electron chi connectivity index (χ1n) is 6.24. The fourth-order valence-corrected chi connectivity index (χ4v) is 1.93. The molecule has 1 aromatic carbocycles. The lowest BCUT2D eigenvalue weighted by atomic mass is 10.0. The van der Waals surface area contributed by atoms with E-state index in [0.29, 0.717) is 17.4 Å². The van der Waals surface area contributed by atoms with Crippen LogP contribution in [0, 0.1) is 5.82 Å². The number of anilines is 3. The third-order valence-corrected chi connectivity index (χ3v) is 2.92. The van der Waals surface area contributed by atoms with E-state index in [-0.39, 0.29) is 11.6 Å². The summed E-state index contributed by atoms with van der Waals surface area (Å²) in [6, 6.07) is 4.46. The number of nitrogens with zero attached hydrogens (tertiary/aromatic N) is 2. The highest BCUT2D eigenvalue weighted by molar-refractivity contribution is 5.66. The van der Waals surface area contributed by atoms with Gasteiger partial charge in [0.1, 0.15) is 29.5 Å². The molecule has 0 aliphatic rings. The average Bonchev–Trinajstić information content (AvgIpc) is 2.41. The van der Waals surface area contributed by atoms with Crippen molar-refractivity contribution in [1.82, 2.24) is 9.97 Å². The van der Waals surface area contributed by atoms with E-state index in [1.165, 1.54) is 19.5 Å². The van der Waals surface area contributed by atoms with Crippen LogP contribution in [0.3, 0.4) is 0 Å². The summed E-state index contributed by atoms with van der Waals surface area (Å²) in [4.78, 5) is 8.11. The highest BCUT2D eigenvalue weighted by Gasteiger charge is 2.14. The number of methoxy groups -OCH3 is 1. The minimum Gasteiger partial charge on any atom is -0.497 e. The molecule has 106 valence electrons. The van der Waals surface area contributed by atoms with Crippen LogP contribution in [0.4, 0.5) is 21.7 Å². The van der Waals surface area contributed by atoms with Gasteiger partial charge in [-0.1, -0.05) is 13.8 Å². The number of benzene rings is 1. The van der Waals surface area contributed by atoms with E-state index < -0.39 is 5.82 Å². The zero-order valence-electron chi connectivity index (χ0n) is 11.6. The normalized spacial score (nSPS) is 10.7. The molecule has 5 nitrogen and oxygen atoms in total. The van der Waals surface area contributed by atoms with Crippen molar-refractivity contribution in [3.05, 3.63) is 35.9 Å². The molecule has 0 bridgehead atoms. The molecule has 2 aromatic rings. The second-order valence-electron chi connectivity index (χ2n) is 4.65. The Bertz CT molecular complexity index is 616. The van der Waals surface area contributed by atoms with Crippen molar-refractivity contribution in [2.24, 2.45) is 0 Å². The number of nitrogens with two attached hydrogens (primary N) is 1. The third-order valence-electron chi connectivity index (χ3n) is 2.92. The number of halogens is 1. The van der Waals surface area contributed by atoms with Gasteiger partial charge in [0.2, 0.25) is 0 Å². The second-order valence-corrected chi connectivity index (χ2v) is 4.65. The van der Waals surface area contributed by atoms with E-state index in [9.17, 15) is 4.39 Å². The molecule has 1 heterocycles. The summed E-state index contributed by atoms with van der Waals surface area (Å²) in [6.45, 7) is 3.95. The summed E-state index contributed by atoms with van der Waals surface area (Å²) in [5.41, 5.74) is 6.90. The lowest BCUT2D eigenvalue weighted by molar-refractivity contribution is 0.414. The number of hydrogen-bond donors (Lipinski definition) is 2. The first-order chi connectivity index (χ1) is 9.52. The van der Waals surface area contributed by atoms with Gasteiger partial charge in [0.05, 0.1) is 12.8 Å². The van der Waals surface area contributed by atoms with E-state index in [1.807, 2.05) is 13.8 Å². The first-order valence-corrected chi connectivity index (χ1v) is 6.24. The van der Waals surface area contributed by atoms with Gasteiger partial charge in [-0.05, 0) is 18.1 Å². The summed E-state index contributed by atoms with van der Waals surface area (Å²) < 4.78 is 18.9. The van der Waals surface area contributed by atoms with Gasteiger partial charge in [-0.3, -0.25) is 0 Å². The Morgan fingerprint density at radius 1 is 1.30 bits per heavy atom. The predicted octanol–water partition coefficient (Wildman–Crippen LogP) is 3.07. The molecule has 0 unspecified atom stereocenters. The van der Waals surface area contributed by atoms with Crippen LogP contribution in [0.5, 0.6) is 5.75 Å². The summed E-state index contributed by atoms with van der Waals surface area (Å²) in [7, 11) is 1.53. The lowest BCUT2D eigenvalue weighted by Crippen LogP contribution is -2.07. The highest BCUT2D eigenvalue weighted by Crippen LogP contribution is 2.30. The molecule has 0 amide bonds. The molecular weight excluding hydrogens is 259 g/mol. The van der Waals surface area contributed by atoms with Gasteiger partial charge in [0.25, 0.3) is 0 Å². The van der Waals surface area contributed by atoms with Gasteiger partial charge in [0.15, 0.2) is 0 Å². The Kier molecular flexibility index (Phi) is 4.02. The number of nitrogen functional groups attached to an aromatic ring is 1. The molecule has 1 aromatic heterocycles. The molecule has 0 saturated carbocycles. The molecule has 0 atom stereocenters. The van der Waals surface area contributed by atoms with Crippen molar-refractivity contribution >= 4 is 17.3 Å². The minimum absolute atomic E-state index is 0.118. The summed E-state index contributed by atoms with van der Waals surface area (Å²) in [5, 5.41) is 2.95. The first kappa shape index (κ1) is 14.0. The summed E-state index contributed by atoms with van der Waals surface area (Å²) in [6.07, 6.45) is 1.35. The van der Waals surface area contributed by atoms with E-state index in [2.05, 4.69) is 15.3 Å². The molecule has 3 N–H and O–H groups in total. The van der Waals surface area contributed by atoms with Crippen molar-refractivity contribution in [2.45, 2.75) is 19.8 Å². The molecule has 2 rings (SSSR count). The monoisotopic (exact) mass is 276 g/mol. The maximum Gasteiger partial charge on any atom is 0.146 e. The van der Waals surface area contributed by atoms with Crippen LogP contribution >= 0.6 is 0 Å². The number of nitrogens with one attached hydrogen (secondary N) is 1. The maximum absolute atomic E-state index is 13.8. The van der Waals surface area contributed by atoms with Gasteiger partial charge in [-0.15, -0.1) is 0 Å². The average molecular weight is 276 g/mol. The molecule has 0 aliphatic heterocycles. The zero-order chi connectivity index (χ0) is 14.7. The number of rotatable bonds is 4. The van der Waals surface area contributed by atoms with Gasteiger partial charge in [0, 0.05) is 11.6 Å². The smallest absolute Gasteiger partial charge is 0.146 e. The number of aromatic nitrogens is 2. The van der Waals surface area contributed by atoms with Crippen molar-refractivity contribution in [3.8, 4) is 5.75 Å². The molecule has 0 fully saturated rings. The van der Waals surface area contributed by atoms with Gasteiger partial charge in [-0.25, -0.2) is 14.4 Å². The SMILES string of the molecule is COc1ccc(F)c(Nc2ncnc(N)c2C(C)C)c1. The molecule has 0 aliphatic carbocycles. The van der Waals surface area contributed by atoms with Crippen LogP contribution in [-0.2, 0) is 0 Å². The van der Waals surface area contributed by atoms with Gasteiger partial charge < -0.3 is 15.8 Å². The Morgan fingerprint density at radius 3 is 2.70 bits per heavy atom. The van der Waals surface area contributed by atoms with Crippen LogP contribution < -0.4 is 15.8 Å². The molecule has 6 heteroatoms. The van der Waals surface area contributed by atoms with E-state index in [4.69, 9.17) is 10.5 Å². The van der Waals surface area contributed by atoms with Crippen molar-refractivity contribution in [2.75, 3.05) is 18.2 Å². The fourth-order valence-electron chi connectivity index (χ4n) is 1.93. The zero-order valence-corrected chi connectivity index (χ0v) is 11.6. The Balaban J connectivity index is 2.42. The fraction of sp³-hybridized carbons (Fsp3) is 0.286. The number of hydrogen-bond acceptors (Lipinski definition) is 5. The molecular formula is C14H17FN4O. The predicted molar refractivity (Wildman–Crippen MR) is 76.8 cm³/mol. The van der Waals surface area contributed by atoms with Crippen LogP contribution in [0.2, 0.25) is 0 Å². The standard InChI is InChI=1S/C14H17FN4O/c1-8(2)12-13(16)17-7-18-14(12)19-11-6-9(20-3)4-5-10(11)15/h4-8H,1-3H3,(H3,16,17,18,19). The summed E-state index contributed by atoms with van der Waals surface area (Å²) in [5.74, 6) is 1.17. The quantitative estimate of drug-likeness (QED) is 0.897. The van der Waals surface area contributed by atoms with Crippen molar-refractivity contribution in [3.63, 3.8) is 0 Å². The molecule has 0 spiro atoms. The maximum atomic E-state index is 13.8. The van der Waals surface area contributed by atoms with Crippen LogP contribution in [-0.4, -0.2) is 17.1 Å². The second kappa shape index (κ2) is 5.73. The van der Waals surface area contributed by atoms with Crippen molar-refractivity contribution in [1.29, 1.82) is 0 Å². The topological polar surface area (TPSA) is 73.1 Å². The minimum atomic E-state index is -0.391. The Morgan fingerprint density at radius 2 is 2.05 bits per heavy atom. The number of ether oxygens (including phenoxy) is 1. The van der Waals surface area contributed by atoms with Crippen molar-refractivity contribution < 1.29 is 9.13 Å². The van der Waals surface area contributed by atoms with E-state index in [0.717, 1.165) is 5.56 Å². The Labute approximate surface area is 117 Å². The van der Waals surface area contributed by atoms with E-state index >= 15 is 0 Å². The Hall–Kier alpha value is -2.37. The van der Waals surface area contributed by atoms with Gasteiger partial charge in [-0.2, -0.15) is 0 Å². The van der Waals surface area contributed by atoms with E-state index in [1.54, 1.807) is 12.1 Å². The molecule has 20 heavy (non-hydrogen) atoms. The largest absolute Gasteiger partial charge is 0.497 e. The lowest BCUT2D eigenvalue weighted by Gasteiger charge is -2.15. The summed E-state index contributed by atoms with van der Waals surface area (Å²) >= 11 is 0. The molecule has 0 saturated heterocycles. The van der Waals surface area contributed by atoms with Crippen LogP contribution in [0.15, 0.2) is 24.5 Å². The van der Waals surface area contributed by atoms with Crippen LogP contribution in [0.25, 0.3) is 0 Å². The van der Waals surface area contributed by atoms with Crippen LogP contribution in [0.1, 0.15) is 25.3 Å². The third kappa shape index (κ3) is 2.79. The molecule has 0 radical (unpaired) electrons.